The Balaban J connectivity index is 1.83. The van der Waals surface area contributed by atoms with Crippen molar-refractivity contribution in [1.29, 1.82) is 0 Å². The average molecular weight is 285 g/mol. The number of hydrogen-bond donors (Lipinski definition) is 1. The summed E-state index contributed by atoms with van der Waals surface area (Å²) in [5.41, 5.74) is 3.18. The van der Waals surface area contributed by atoms with Crippen LogP contribution in [0, 0.1) is 5.82 Å². The molecule has 1 heterocycles. The number of aliphatic carboxylic acids is 1. The number of nitrogens with zero attached hydrogens (tertiary/aromatic N) is 1. The van der Waals surface area contributed by atoms with E-state index in [4.69, 9.17) is 5.11 Å². The number of hydrogen-bond acceptors (Lipinski definition) is 2. The maximum atomic E-state index is 13.0. The molecule has 3 nitrogen and oxygen atoms in total. The molecule has 3 rings (SSSR count). The fourth-order valence-corrected chi connectivity index (χ4v) is 2.93. The molecule has 1 aliphatic heterocycles. The van der Waals surface area contributed by atoms with Gasteiger partial charge in [-0.1, -0.05) is 30.3 Å². The van der Waals surface area contributed by atoms with E-state index in [9.17, 15) is 9.18 Å². The van der Waals surface area contributed by atoms with E-state index in [0.717, 1.165) is 16.8 Å². The molecule has 0 radical (unpaired) electrons. The first kappa shape index (κ1) is 13.6. The monoisotopic (exact) mass is 285 g/mol. The Hall–Kier alpha value is -2.36. The Morgan fingerprint density at radius 3 is 2.62 bits per heavy atom. The first-order chi connectivity index (χ1) is 10.1. The Labute approximate surface area is 122 Å². The molecule has 0 aromatic heterocycles. The van der Waals surface area contributed by atoms with Crippen molar-refractivity contribution in [1.82, 2.24) is 0 Å². The first-order valence-electron chi connectivity index (χ1n) is 6.93. The molecule has 0 bridgehead atoms. The molecule has 0 spiro atoms. The van der Waals surface area contributed by atoms with Crippen LogP contribution >= 0.6 is 0 Å². The third-order valence-corrected chi connectivity index (χ3v) is 3.87. The Bertz CT molecular complexity index is 654. The summed E-state index contributed by atoms with van der Waals surface area (Å²) in [6, 6.07) is 14.3. The maximum Gasteiger partial charge on any atom is 0.304 e. The van der Waals surface area contributed by atoms with Crippen LogP contribution in [0.5, 0.6) is 0 Å². The van der Waals surface area contributed by atoms with Gasteiger partial charge in [-0.25, -0.2) is 4.39 Å². The van der Waals surface area contributed by atoms with E-state index in [2.05, 4.69) is 4.90 Å². The van der Waals surface area contributed by atoms with Crippen LogP contribution in [0.25, 0.3) is 0 Å². The van der Waals surface area contributed by atoms with E-state index >= 15 is 0 Å². The molecule has 1 unspecified atom stereocenters. The van der Waals surface area contributed by atoms with E-state index < -0.39 is 5.97 Å². The second kappa shape index (κ2) is 5.56. The fourth-order valence-electron chi connectivity index (χ4n) is 2.93. The van der Waals surface area contributed by atoms with Gasteiger partial charge in [-0.3, -0.25) is 4.79 Å². The molecule has 0 saturated carbocycles. The van der Waals surface area contributed by atoms with Crippen molar-refractivity contribution in [3.63, 3.8) is 0 Å². The van der Waals surface area contributed by atoms with Crippen LogP contribution in [0.15, 0.2) is 48.5 Å². The van der Waals surface area contributed by atoms with Crippen LogP contribution in [0.3, 0.4) is 0 Å². The second-order valence-corrected chi connectivity index (χ2v) is 5.36. The zero-order chi connectivity index (χ0) is 14.8. The molecular weight excluding hydrogens is 269 g/mol. The molecule has 4 heteroatoms. The topological polar surface area (TPSA) is 40.5 Å². The standard InChI is InChI=1S/C17H16FNO2/c18-14-7-5-12(6-8-14)10-19-11-13(9-17(20)21)15-3-1-2-4-16(15)19/h1-8,13H,9-11H2,(H,20,21). The highest BCUT2D eigenvalue weighted by Crippen LogP contribution is 2.38. The normalized spacial score (nSPS) is 16.8. The number of anilines is 1. The second-order valence-electron chi connectivity index (χ2n) is 5.36. The summed E-state index contributed by atoms with van der Waals surface area (Å²) in [5, 5.41) is 9.05. The minimum absolute atomic E-state index is 0.0131. The molecule has 0 saturated heterocycles. The van der Waals surface area contributed by atoms with Crippen LogP contribution < -0.4 is 4.90 Å². The van der Waals surface area contributed by atoms with Gasteiger partial charge in [0.25, 0.3) is 0 Å². The van der Waals surface area contributed by atoms with Gasteiger partial charge in [-0.2, -0.15) is 0 Å². The first-order valence-corrected chi connectivity index (χ1v) is 6.93. The molecule has 2 aromatic rings. The summed E-state index contributed by atoms with van der Waals surface area (Å²) in [6.07, 6.45) is 0.136. The molecular formula is C17H16FNO2. The van der Waals surface area contributed by atoms with Gasteiger partial charge in [0.2, 0.25) is 0 Å². The molecule has 0 aliphatic carbocycles. The minimum atomic E-state index is -0.779. The molecule has 21 heavy (non-hydrogen) atoms. The van der Waals surface area contributed by atoms with Crippen molar-refractivity contribution in [2.24, 2.45) is 0 Å². The van der Waals surface area contributed by atoms with E-state index in [1.54, 1.807) is 12.1 Å². The molecule has 1 aliphatic rings. The number of para-hydroxylation sites is 1. The average Bonchev–Trinajstić information content (AvgIpc) is 2.79. The molecule has 2 aromatic carbocycles. The SMILES string of the molecule is O=C(O)CC1CN(Cc2ccc(F)cc2)c2ccccc21. The van der Waals surface area contributed by atoms with E-state index in [-0.39, 0.29) is 18.2 Å². The third-order valence-electron chi connectivity index (χ3n) is 3.87. The van der Waals surface area contributed by atoms with E-state index in [1.807, 2.05) is 24.3 Å². The third kappa shape index (κ3) is 2.89. The van der Waals surface area contributed by atoms with Crippen LogP contribution in [0.4, 0.5) is 10.1 Å². The Morgan fingerprint density at radius 1 is 1.19 bits per heavy atom. The lowest BCUT2D eigenvalue weighted by Gasteiger charge is -2.20. The largest absolute Gasteiger partial charge is 0.481 e. The van der Waals surface area contributed by atoms with E-state index in [1.165, 1.54) is 12.1 Å². The fraction of sp³-hybridized carbons (Fsp3) is 0.235. The summed E-state index contributed by atoms with van der Waals surface area (Å²) >= 11 is 0. The number of halogens is 1. The molecule has 1 N–H and O–H groups in total. The predicted octanol–water partition coefficient (Wildman–Crippen LogP) is 3.40. The number of carboxylic acids is 1. The van der Waals surface area contributed by atoms with Crippen molar-refractivity contribution in [2.75, 3.05) is 11.4 Å². The van der Waals surface area contributed by atoms with Crippen molar-refractivity contribution in [2.45, 2.75) is 18.9 Å². The van der Waals surface area contributed by atoms with Gasteiger partial charge in [0.05, 0.1) is 6.42 Å². The molecule has 0 fully saturated rings. The molecule has 1 atom stereocenters. The number of rotatable bonds is 4. The van der Waals surface area contributed by atoms with Gasteiger partial charge in [-0.15, -0.1) is 0 Å². The van der Waals surface area contributed by atoms with Gasteiger partial charge in [0.1, 0.15) is 5.82 Å². The van der Waals surface area contributed by atoms with Gasteiger partial charge in [0, 0.05) is 24.7 Å². The Kier molecular flexibility index (Phi) is 3.60. The summed E-state index contributed by atoms with van der Waals surface area (Å²) in [7, 11) is 0. The highest BCUT2D eigenvalue weighted by molar-refractivity contribution is 5.71. The van der Waals surface area contributed by atoms with Crippen molar-refractivity contribution in [3.05, 3.63) is 65.5 Å². The lowest BCUT2D eigenvalue weighted by molar-refractivity contribution is -0.137. The lowest BCUT2D eigenvalue weighted by atomic mass is 9.98. The van der Waals surface area contributed by atoms with Crippen molar-refractivity contribution < 1.29 is 14.3 Å². The summed E-state index contributed by atoms with van der Waals surface area (Å²) in [5.74, 6) is -1.01. The molecule has 108 valence electrons. The molecule has 0 amide bonds. The van der Waals surface area contributed by atoms with Gasteiger partial charge in [0.15, 0.2) is 0 Å². The maximum absolute atomic E-state index is 13.0. The summed E-state index contributed by atoms with van der Waals surface area (Å²) in [4.78, 5) is 13.2. The lowest BCUT2D eigenvalue weighted by Crippen LogP contribution is -2.22. The van der Waals surface area contributed by atoms with E-state index in [0.29, 0.717) is 13.1 Å². The number of benzene rings is 2. The van der Waals surface area contributed by atoms with Crippen LogP contribution in [0.1, 0.15) is 23.5 Å². The number of carbonyl (C=O) groups is 1. The highest BCUT2D eigenvalue weighted by Gasteiger charge is 2.29. The summed E-state index contributed by atoms with van der Waals surface area (Å²) < 4.78 is 13.0. The van der Waals surface area contributed by atoms with Crippen LogP contribution in [-0.2, 0) is 11.3 Å². The summed E-state index contributed by atoms with van der Waals surface area (Å²) in [6.45, 7) is 1.34. The Morgan fingerprint density at radius 2 is 1.90 bits per heavy atom. The predicted molar refractivity (Wildman–Crippen MR) is 78.9 cm³/mol. The number of fused-ring (bicyclic) bond motifs is 1. The van der Waals surface area contributed by atoms with Gasteiger partial charge < -0.3 is 10.0 Å². The van der Waals surface area contributed by atoms with Gasteiger partial charge in [-0.05, 0) is 29.3 Å². The zero-order valence-corrected chi connectivity index (χ0v) is 11.5. The van der Waals surface area contributed by atoms with Crippen LogP contribution in [0.2, 0.25) is 0 Å². The van der Waals surface area contributed by atoms with Gasteiger partial charge >= 0.3 is 5.97 Å². The minimum Gasteiger partial charge on any atom is -0.481 e. The highest BCUT2D eigenvalue weighted by atomic mass is 19.1. The van der Waals surface area contributed by atoms with Crippen LogP contribution in [-0.4, -0.2) is 17.6 Å². The number of carboxylic acid groups (broad SMARTS) is 1. The van der Waals surface area contributed by atoms with Crippen molar-refractivity contribution in [3.8, 4) is 0 Å². The quantitative estimate of drug-likeness (QED) is 0.936. The van der Waals surface area contributed by atoms with Crippen molar-refractivity contribution >= 4 is 11.7 Å². The zero-order valence-electron chi connectivity index (χ0n) is 11.5. The smallest absolute Gasteiger partial charge is 0.304 e.